The zero-order valence-corrected chi connectivity index (χ0v) is 15.4. The van der Waals surface area contributed by atoms with Crippen molar-refractivity contribution < 1.29 is 14.3 Å². The predicted octanol–water partition coefficient (Wildman–Crippen LogP) is 3.79. The first-order valence-electron chi connectivity index (χ1n) is 8.70. The van der Waals surface area contributed by atoms with E-state index < -0.39 is 0 Å². The Labute approximate surface area is 153 Å². The third-order valence-electron chi connectivity index (χ3n) is 3.83. The van der Waals surface area contributed by atoms with Gasteiger partial charge < -0.3 is 20.7 Å². The number of amides is 2. The molecule has 2 rings (SSSR count). The summed E-state index contributed by atoms with van der Waals surface area (Å²) in [6, 6.07) is 12.9. The minimum absolute atomic E-state index is 0.0458. The number of hydrogen-bond acceptors (Lipinski definition) is 4. The molecule has 0 spiro atoms. The fourth-order valence-electron chi connectivity index (χ4n) is 2.42. The molecule has 26 heavy (non-hydrogen) atoms. The van der Waals surface area contributed by atoms with Gasteiger partial charge in [-0.25, -0.2) is 0 Å². The highest BCUT2D eigenvalue weighted by atomic mass is 16.5. The summed E-state index contributed by atoms with van der Waals surface area (Å²) >= 11 is 0. The van der Waals surface area contributed by atoms with E-state index in [0.717, 1.165) is 16.9 Å². The van der Waals surface area contributed by atoms with Crippen LogP contribution < -0.4 is 20.7 Å². The Morgan fingerprint density at radius 1 is 0.885 bits per heavy atom. The van der Waals surface area contributed by atoms with E-state index in [1.165, 1.54) is 0 Å². The summed E-state index contributed by atoms with van der Waals surface area (Å²) in [5.41, 5.74) is 3.06. The molecule has 2 aromatic rings. The number of carbonyl (C=O) groups is 2. The highest BCUT2D eigenvalue weighted by Crippen LogP contribution is 2.25. The van der Waals surface area contributed by atoms with Crippen molar-refractivity contribution in [3.63, 3.8) is 0 Å². The Morgan fingerprint density at radius 2 is 1.54 bits per heavy atom. The lowest BCUT2D eigenvalue weighted by atomic mass is 10.1. The van der Waals surface area contributed by atoms with Gasteiger partial charge in [-0.2, -0.15) is 0 Å². The predicted molar refractivity (Wildman–Crippen MR) is 105 cm³/mol. The third kappa shape index (κ3) is 5.24. The third-order valence-corrected chi connectivity index (χ3v) is 3.83. The molecule has 0 fully saturated rings. The molecule has 0 aromatic heterocycles. The van der Waals surface area contributed by atoms with E-state index in [2.05, 4.69) is 16.0 Å². The Morgan fingerprint density at radius 3 is 2.27 bits per heavy atom. The van der Waals surface area contributed by atoms with Gasteiger partial charge in [0.15, 0.2) is 0 Å². The van der Waals surface area contributed by atoms with Gasteiger partial charge in [0.1, 0.15) is 5.75 Å². The van der Waals surface area contributed by atoms with E-state index in [4.69, 9.17) is 4.74 Å². The quantitative estimate of drug-likeness (QED) is 0.673. The average Bonchev–Trinajstić information content (AvgIpc) is 2.64. The maximum Gasteiger partial charge on any atom is 0.243 e. The maximum absolute atomic E-state index is 12.3. The van der Waals surface area contributed by atoms with Crippen molar-refractivity contribution in [1.82, 2.24) is 0 Å². The van der Waals surface area contributed by atoms with Crippen LogP contribution in [0.2, 0.25) is 0 Å². The summed E-state index contributed by atoms with van der Waals surface area (Å²) < 4.78 is 5.51. The number of hydrogen-bond donors (Lipinski definition) is 3. The van der Waals surface area contributed by atoms with Crippen LogP contribution in [0.1, 0.15) is 25.8 Å². The molecule has 0 heterocycles. The van der Waals surface area contributed by atoms with E-state index in [1.54, 1.807) is 13.0 Å². The number of nitrogens with one attached hydrogen (secondary N) is 3. The summed E-state index contributed by atoms with van der Waals surface area (Å²) in [5.74, 6) is 0.416. The summed E-state index contributed by atoms with van der Waals surface area (Å²) in [5, 5.41) is 8.81. The van der Waals surface area contributed by atoms with E-state index in [1.807, 2.05) is 50.2 Å². The molecular formula is C20H25N3O3. The lowest BCUT2D eigenvalue weighted by molar-refractivity contribution is -0.116. The van der Waals surface area contributed by atoms with Crippen LogP contribution in [0.25, 0.3) is 0 Å². The molecule has 0 saturated heterocycles. The second-order valence-corrected chi connectivity index (χ2v) is 5.71. The molecule has 138 valence electrons. The van der Waals surface area contributed by atoms with E-state index in [0.29, 0.717) is 24.5 Å². The summed E-state index contributed by atoms with van der Waals surface area (Å²) in [7, 11) is 0. The number of ether oxygens (including phenoxy) is 1. The van der Waals surface area contributed by atoms with Crippen molar-refractivity contribution in [2.75, 3.05) is 29.1 Å². The van der Waals surface area contributed by atoms with Crippen molar-refractivity contribution in [2.45, 2.75) is 27.2 Å². The van der Waals surface area contributed by atoms with Crippen molar-refractivity contribution >= 4 is 28.9 Å². The lowest BCUT2D eigenvalue weighted by Crippen LogP contribution is -2.22. The Balaban J connectivity index is 1.99. The normalized spacial score (nSPS) is 10.1. The van der Waals surface area contributed by atoms with Gasteiger partial charge >= 0.3 is 0 Å². The number of benzene rings is 2. The smallest absolute Gasteiger partial charge is 0.243 e. The van der Waals surface area contributed by atoms with Gasteiger partial charge in [0.2, 0.25) is 11.8 Å². The summed E-state index contributed by atoms with van der Waals surface area (Å²) in [6.45, 7) is 6.23. The molecule has 2 aromatic carbocycles. The van der Waals surface area contributed by atoms with Gasteiger partial charge in [-0.05, 0) is 43.7 Å². The molecule has 3 N–H and O–H groups in total. The number of para-hydroxylation sites is 2. The van der Waals surface area contributed by atoms with Crippen molar-refractivity contribution in [1.29, 1.82) is 0 Å². The van der Waals surface area contributed by atoms with Gasteiger partial charge in [-0.15, -0.1) is 0 Å². The van der Waals surface area contributed by atoms with Crippen LogP contribution in [0.5, 0.6) is 5.75 Å². The second kappa shape index (κ2) is 9.46. The highest BCUT2D eigenvalue weighted by molar-refractivity contribution is 5.96. The zero-order valence-electron chi connectivity index (χ0n) is 15.4. The van der Waals surface area contributed by atoms with Crippen LogP contribution in [0.3, 0.4) is 0 Å². The molecule has 6 heteroatoms. The summed E-state index contributed by atoms with van der Waals surface area (Å²) in [4.78, 5) is 23.9. The van der Waals surface area contributed by atoms with Gasteiger partial charge in [0.25, 0.3) is 0 Å². The standard InChI is InChI=1S/C20H25N3O3/c1-4-19(24)22-16-11-8-10-15(14(16)3)21-13-20(25)23-17-9-6-7-12-18(17)26-5-2/h6-12,21H,4-5,13H2,1-3H3,(H,22,24)(H,23,25). The molecule has 0 bridgehead atoms. The zero-order chi connectivity index (χ0) is 18.9. The number of rotatable bonds is 8. The molecule has 0 atom stereocenters. The lowest BCUT2D eigenvalue weighted by Gasteiger charge is -2.15. The van der Waals surface area contributed by atoms with Crippen LogP contribution in [-0.2, 0) is 9.59 Å². The van der Waals surface area contributed by atoms with Gasteiger partial charge in [0, 0.05) is 17.8 Å². The summed E-state index contributed by atoms with van der Waals surface area (Å²) in [6.07, 6.45) is 0.415. The molecule has 6 nitrogen and oxygen atoms in total. The fourth-order valence-corrected chi connectivity index (χ4v) is 2.42. The SMILES string of the molecule is CCOc1ccccc1NC(=O)CNc1cccc(NC(=O)CC)c1C. The van der Waals surface area contributed by atoms with Gasteiger partial charge in [0.05, 0.1) is 18.8 Å². The molecule has 0 radical (unpaired) electrons. The van der Waals surface area contributed by atoms with Gasteiger partial charge in [-0.3, -0.25) is 9.59 Å². The largest absolute Gasteiger partial charge is 0.492 e. The highest BCUT2D eigenvalue weighted by Gasteiger charge is 2.10. The van der Waals surface area contributed by atoms with E-state index in [9.17, 15) is 9.59 Å². The van der Waals surface area contributed by atoms with E-state index in [-0.39, 0.29) is 18.4 Å². The van der Waals surface area contributed by atoms with Crippen LogP contribution in [0.4, 0.5) is 17.1 Å². The van der Waals surface area contributed by atoms with Crippen molar-refractivity contribution in [3.8, 4) is 5.75 Å². The first kappa shape index (κ1) is 19.3. The van der Waals surface area contributed by atoms with Crippen LogP contribution in [0.15, 0.2) is 42.5 Å². The first-order chi connectivity index (χ1) is 12.5. The topological polar surface area (TPSA) is 79.5 Å². The second-order valence-electron chi connectivity index (χ2n) is 5.71. The van der Waals surface area contributed by atoms with Crippen LogP contribution in [0, 0.1) is 6.92 Å². The van der Waals surface area contributed by atoms with Crippen molar-refractivity contribution in [2.24, 2.45) is 0 Å². The first-order valence-corrected chi connectivity index (χ1v) is 8.70. The maximum atomic E-state index is 12.3. The Bertz CT molecular complexity index is 775. The molecule has 0 saturated carbocycles. The Kier molecular flexibility index (Phi) is 7.02. The minimum atomic E-state index is -0.181. The number of anilines is 3. The average molecular weight is 355 g/mol. The van der Waals surface area contributed by atoms with Crippen molar-refractivity contribution in [3.05, 3.63) is 48.0 Å². The van der Waals surface area contributed by atoms with Crippen LogP contribution in [-0.4, -0.2) is 25.0 Å². The molecule has 0 aliphatic rings. The molecule has 0 aliphatic carbocycles. The monoisotopic (exact) mass is 355 g/mol. The fraction of sp³-hybridized carbons (Fsp3) is 0.300. The van der Waals surface area contributed by atoms with Crippen LogP contribution >= 0.6 is 0 Å². The molecule has 0 aliphatic heterocycles. The number of carbonyl (C=O) groups excluding carboxylic acids is 2. The Hall–Kier alpha value is -3.02. The minimum Gasteiger partial charge on any atom is -0.492 e. The molecule has 2 amide bonds. The molecular weight excluding hydrogens is 330 g/mol. The van der Waals surface area contributed by atoms with Gasteiger partial charge in [-0.1, -0.05) is 25.1 Å². The molecule has 0 unspecified atom stereocenters. The van der Waals surface area contributed by atoms with E-state index >= 15 is 0 Å².